The number of unbranched alkanes of at least 4 members (excludes halogenated alkanes) is 1. The molecule has 3 aromatic carbocycles. The first kappa shape index (κ1) is 26.8. The number of amides is 2. The van der Waals surface area contributed by atoms with Crippen LogP contribution in [-0.2, 0) is 29.2 Å². The van der Waals surface area contributed by atoms with Crippen LogP contribution < -0.4 is 21.9 Å². The van der Waals surface area contributed by atoms with Crippen LogP contribution >= 0.6 is 11.6 Å². The fourth-order valence-corrected chi connectivity index (χ4v) is 4.28. The van der Waals surface area contributed by atoms with Gasteiger partial charge in [-0.05, 0) is 60.9 Å². The zero-order valence-corrected chi connectivity index (χ0v) is 21.2. The molecule has 2 N–H and O–H groups in total. The summed E-state index contributed by atoms with van der Waals surface area (Å²) in [6.45, 7) is 0.0780. The Bertz CT molecular complexity index is 1580. The minimum absolute atomic E-state index is 0.0971. The maximum atomic E-state index is 13.3. The second-order valence-electron chi connectivity index (χ2n) is 8.72. The van der Waals surface area contributed by atoms with Crippen LogP contribution in [0, 0.1) is 5.82 Å². The summed E-state index contributed by atoms with van der Waals surface area (Å²) in [6, 6.07) is 19.1. The second-order valence-corrected chi connectivity index (χ2v) is 9.13. The SMILES string of the molecule is O=C(CCCCn1c(=O)c2ccccc2n(CC(=O)Nc2ccc(F)cc2)c1=O)NCc1ccccc1Cl. The zero-order chi connectivity index (χ0) is 27.1. The number of fused-ring (bicyclic) bond motifs is 1. The van der Waals surface area contributed by atoms with E-state index in [2.05, 4.69) is 10.6 Å². The van der Waals surface area contributed by atoms with Gasteiger partial charge in [0.1, 0.15) is 12.4 Å². The summed E-state index contributed by atoms with van der Waals surface area (Å²) in [4.78, 5) is 51.2. The molecule has 0 saturated heterocycles. The Labute approximate surface area is 222 Å². The average molecular weight is 537 g/mol. The third-order valence-corrected chi connectivity index (χ3v) is 6.40. The van der Waals surface area contributed by atoms with Gasteiger partial charge in [0, 0.05) is 30.2 Å². The van der Waals surface area contributed by atoms with Gasteiger partial charge in [0.15, 0.2) is 0 Å². The number of nitrogens with one attached hydrogen (secondary N) is 2. The molecule has 4 rings (SSSR count). The number of hydrogen-bond acceptors (Lipinski definition) is 4. The van der Waals surface area contributed by atoms with Gasteiger partial charge >= 0.3 is 5.69 Å². The maximum Gasteiger partial charge on any atom is 0.331 e. The summed E-state index contributed by atoms with van der Waals surface area (Å²) in [7, 11) is 0. The summed E-state index contributed by atoms with van der Waals surface area (Å²) < 4.78 is 15.5. The molecule has 0 atom stereocenters. The largest absolute Gasteiger partial charge is 0.352 e. The van der Waals surface area contributed by atoms with Gasteiger partial charge in [0.05, 0.1) is 10.9 Å². The molecule has 0 radical (unpaired) electrons. The molecule has 2 amide bonds. The molecule has 1 aromatic heterocycles. The van der Waals surface area contributed by atoms with E-state index in [0.29, 0.717) is 41.0 Å². The van der Waals surface area contributed by atoms with Crippen LogP contribution in [0.25, 0.3) is 10.9 Å². The fourth-order valence-electron chi connectivity index (χ4n) is 4.08. The van der Waals surface area contributed by atoms with E-state index in [0.717, 1.165) is 10.1 Å². The molecule has 0 unspecified atom stereocenters. The standard InChI is InChI=1S/C28H26ClFN4O4/c29-23-9-3-1-7-19(23)17-31-25(35)11-5-6-16-33-27(37)22-8-2-4-10-24(22)34(28(33)38)18-26(36)32-21-14-12-20(30)13-15-21/h1-4,7-10,12-15H,5-6,11,16-18H2,(H,31,35)(H,32,36). The van der Waals surface area contributed by atoms with Crippen molar-refractivity contribution in [2.24, 2.45) is 0 Å². The summed E-state index contributed by atoms with van der Waals surface area (Å²) in [5.41, 5.74) is 0.464. The molecule has 38 heavy (non-hydrogen) atoms. The molecule has 10 heteroatoms. The van der Waals surface area contributed by atoms with E-state index in [1.807, 2.05) is 18.2 Å². The third kappa shape index (κ3) is 6.54. The Morgan fingerprint density at radius 3 is 2.32 bits per heavy atom. The van der Waals surface area contributed by atoms with Gasteiger partial charge in [0.2, 0.25) is 11.8 Å². The summed E-state index contributed by atoms with van der Waals surface area (Å²) in [6.07, 6.45) is 1.09. The van der Waals surface area contributed by atoms with Gasteiger partial charge in [0.25, 0.3) is 5.56 Å². The zero-order valence-electron chi connectivity index (χ0n) is 20.5. The van der Waals surface area contributed by atoms with Crippen molar-refractivity contribution >= 4 is 40.0 Å². The molecule has 0 aliphatic heterocycles. The highest BCUT2D eigenvalue weighted by Crippen LogP contribution is 2.14. The van der Waals surface area contributed by atoms with Crippen LogP contribution in [0.4, 0.5) is 10.1 Å². The lowest BCUT2D eigenvalue weighted by Gasteiger charge is -2.14. The molecule has 0 aliphatic carbocycles. The van der Waals surface area contributed by atoms with E-state index in [9.17, 15) is 23.6 Å². The minimum Gasteiger partial charge on any atom is -0.352 e. The highest BCUT2D eigenvalue weighted by molar-refractivity contribution is 6.31. The van der Waals surface area contributed by atoms with Crippen LogP contribution in [0.1, 0.15) is 24.8 Å². The van der Waals surface area contributed by atoms with E-state index in [1.165, 1.54) is 28.8 Å². The minimum atomic E-state index is -0.619. The highest BCUT2D eigenvalue weighted by Gasteiger charge is 2.15. The molecule has 0 saturated carbocycles. The van der Waals surface area contributed by atoms with E-state index < -0.39 is 23.0 Å². The lowest BCUT2D eigenvalue weighted by atomic mass is 10.2. The quantitative estimate of drug-likeness (QED) is 0.298. The number of para-hydroxylation sites is 1. The fraction of sp³-hybridized carbons (Fsp3) is 0.214. The van der Waals surface area contributed by atoms with Crippen molar-refractivity contribution in [2.75, 3.05) is 5.32 Å². The number of halogens is 2. The predicted molar refractivity (Wildman–Crippen MR) is 145 cm³/mol. The highest BCUT2D eigenvalue weighted by atomic mass is 35.5. The van der Waals surface area contributed by atoms with Gasteiger partial charge in [-0.2, -0.15) is 0 Å². The van der Waals surface area contributed by atoms with Crippen LogP contribution in [-0.4, -0.2) is 20.9 Å². The molecule has 196 valence electrons. The van der Waals surface area contributed by atoms with E-state index in [-0.39, 0.29) is 25.4 Å². The van der Waals surface area contributed by atoms with Crippen molar-refractivity contribution in [1.29, 1.82) is 0 Å². The smallest absolute Gasteiger partial charge is 0.331 e. The second kappa shape index (κ2) is 12.3. The van der Waals surface area contributed by atoms with Crippen LogP contribution in [0.3, 0.4) is 0 Å². The van der Waals surface area contributed by atoms with Crippen LogP contribution in [0.2, 0.25) is 5.02 Å². The first-order chi connectivity index (χ1) is 18.3. The summed E-state index contributed by atoms with van der Waals surface area (Å²) >= 11 is 6.11. The van der Waals surface area contributed by atoms with Gasteiger partial charge in [-0.1, -0.05) is 41.9 Å². The van der Waals surface area contributed by atoms with Crippen molar-refractivity contribution < 1.29 is 14.0 Å². The average Bonchev–Trinajstić information content (AvgIpc) is 2.91. The molecule has 4 aromatic rings. The predicted octanol–water partition coefficient (Wildman–Crippen LogP) is 4.08. The van der Waals surface area contributed by atoms with Crippen molar-refractivity contribution in [2.45, 2.75) is 38.9 Å². The van der Waals surface area contributed by atoms with Crippen molar-refractivity contribution in [3.8, 4) is 0 Å². The van der Waals surface area contributed by atoms with E-state index in [4.69, 9.17) is 11.6 Å². The van der Waals surface area contributed by atoms with Crippen molar-refractivity contribution in [3.05, 3.63) is 110 Å². The molecule has 0 bridgehead atoms. The van der Waals surface area contributed by atoms with Gasteiger partial charge in [-0.25, -0.2) is 9.18 Å². The number of benzene rings is 3. The Balaban J connectivity index is 1.42. The Hall–Kier alpha value is -4.24. The number of rotatable bonds is 10. The topological polar surface area (TPSA) is 102 Å². The molecule has 0 spiro atoms. The molecule has 1 heterocycles. The van der Waals surface area contributed by atoms with Gasteiger partial charge < -0.3 is 10.6 Å². The molecule has 8 nitrogen and oxygen atoms in total. The molecule has 0 aliphatic rings. The van der Waals surface area contributed by atoms with Gasteiger partial charge in [-0.3, -0.25) is 23.5 Å². The first-order valence-electron chi connectivity index (χ1n) is 12.1. The van der Waals surface area contributed by atoms with E-state index >= 15 is 0 Å². The number of carbonyl (C=O) groups excluding carboxylic acids is 2. The van der Waals surface area contributed by atoms with Crippen molar-refractivity contribution in [3.63, 3.8) is 0 Å². The Morgan fingerprint density at radius 1 is 0.842 bits per heavy atom. The van der Waals surface area contributed by atoms with Crippen LogP contribution in [0.15, 0.2) is 82.4 Å². The summed E-state index contributed by atoms with van der Waals surface area (Å²) in [5, 5.41) is 6.33. The monoisotopic (exact) mass is 536 g/mol. The van der Waals surface area contributed by atoms with Gasteiger partial charge in [-0.15, -0.1) is 0 Å². The number of anilines is 1. The first-order valence-corrected chi connectivity index (χ1v) is 12.5. The maximum absolute atomic E-state index is 13.3. The van der Waals surface area contributed by atoms with E-state index in [1.54, 1.807) is 30.3 Å². The number of nitrogens with zero attached hydrogens (tertiary/aromatic N) is 2. The summed E-state index contributed by atoms with van der Waals surface area (Å²) in [5.74, 6) is -1.09. The lowest BCUT2D eigenvalue weighted by Crippen LogP contribution is -2.41. The Kier molecular flexibility index (Phi) is 8.70. The number of aromatic nitrogens is 2. The third-order valence-electron chi connectivity index (χ3n) is 6.03. The molecule has 0 fully saturated rings. The normalized spacial score (nSPS) is 10.9. The number of carbonyl (C=O) groups is 2. The molecular weight excluding hydrogens is 511 g/mol. The Morgan fingerprint density at radius 2 is 1.55 bits per heavy atom. The van der Waals surface area contributed by atoms with Crippen LogP contribution in [0.5, 0.6) is 0 Å². The lowest BCUT2D eigenvalue weighted by molar-refractivity contribution is -0.121. The van der Waals surface area contributed by atoms with Crippen molar-refractivity contribution in [1.82, 2.24) is 14.5 Å². The molecular formula is C28H26ClFN4O4. The number of hydrogen-bond donors (Lipinski definition) is 2.